The van der Waals surface area contributed by atoms with E-state index < -0.39 is 17.5 Å². The van der Waals surface area contributed by atoms with Crippen molar-refractivity contribution in [3.63, 3.8) is 0 Å². The third kappa shape index (κ3) is 3.84. The van der Waals surface area contributed by atoms with E-state index in [9.17, 15) is 17.6 Å². The van der Waals surface area contributed by atoms with Gasteiger partial charge in [-0.25, -0.2) is 17.6 Å². The molecule has 0 heterocycles. The average Bonchev–Trinajstić information content (AvgIpc) is 2.68. The second-order valence-corrected chi connectivity index (χ2v) is 7.39. The second kappa shape index (κ2) is 7.86. The third-order valence-electron chi connectivity index (χ3n) is 5.34. The van der Waals surface area contributed by atoms with Crippen LogP contribution in [0.15, 0.2) is 48.5 Å². The largest absolute Gasteiger partial charge is 0.207 e. The Morgan fingerprint density at radius 2 is 1.48 bits per heavy atom. The van der Waals surface area contributed by atoms with Crippen LogP contribution in [0.25, 0.3) is 22.8 Å². The van der Waals surface area contributed by atoms with Gasteiger partial charge in [-0.3, -0.25) is 0 Å². The molecule has 0 saturated carbocycles. The van der Waals surface area contributed by atoms with Crippen molar-refractivity contribution in [2.24, 2.45) is 0 Å². The molecule has 0 unspecified atom stereocenters. The molecular weight excluding hydrogens is 376 g/mol. The summed E-state index contributed by atoms with van der Waals surface area (Å²) in [6.07, 6.45) is 4.10. The summed E-state index contributed by atoms with van der Waals surface area (Å²) < 4.78 is 57.1. The van der Waals surface area contributed by atoms with Gasteiger partial charge in [0.15, 0.2) is 0 Å². The van der Waals surface area contributed by atoms with Gasteiger partial charge in [0.05, 0.1) is 0 Å². The van der Waals surface area contributed by atoms with Crippen LogP contribution in [-0.2, 0) is 12.8 Å². The summed E-state index contributed by atoms with van der Waals surface area (Å²) in [6.45, 7) is 1.96. The molecule has 0 spiro atoms. The first-order chi connectivity index (χ1) is 14.0. The molecule has 0 radical (unpaired) electrons. The minimum absolute atomic E-state index is 0.0291. The number of halogens is 4. The smallest absolute Gasteiger partial charge is 0.133 e. The standard InChI is InChI=1S/C25H20F4/c1-2-3-15-10-23(28)25(24(29)11-15)18-5-4-17-13-21(22(27)14-19(17)12-18)16-6-8-20(26)9-7-16/h6-14H,2-5H2,1H3. The lowest BCUT2D eigenvalue weighted by atomic mass is 9.86. The average molecular weight is 396 g/mol. The highest BCUT2D eigenvalue weighted by Gasteiger charge is 2.21. The SMILES string of the molecule is CCCc1cc(F)c(C2=Cc3cc(F)c(-c4ccc(F)cc4)cc3CC2)c(F)c1. The fraction of sp³-hybridized carbons (Fsp3) is 0.200. The molecule has 29 heavy (non-hydrogen) atoms. The minimum Gasteiger partial charge on any atom is -0.207 e. The van der Waals surface area contributed by atoms with Crippen LogP contribution >= 0.6 is 0 Å². The van der Waals surface area contributed by atoms with Gasteiger partial charge in [0.25, 0.3) is 0 Å². The van der Waals surface area contributed by atoms with Crippen molar-refractivity contribution in [1.29, 1.82) is 0 Å². The van der Waals surface area contributed by atoms with Crippen molar-refractivity contribution < 1.29 is 17.6 Å². The maximum absolute atomic E-state index is 14.7. The van der Waals surface area contributed by atoms with E-state index in [1.54, 1.807) is 12.1 Å². The summed E-state index contributed by atoms with van der Waals surface area (Å²) in [5.74, 6) is -1.99. The van der Waals surface area contributed by atoms with Crippen LogP contribution in [0.3, 0.4) is 0 Å². The first-order valence-corrected chi connectivity index (χ1v) is 9.73. The summed E-state index contributed by atoms with van der Waals surface area (Å²) in [6, 6.07) is 11.5. The van der Waals surface area contributed by atoms with Crippen molar-refractivity contribution in [1.82, 2.24) is 0 Å². The topological polar surface area (TPSA) is 0 Å². The zero-order valence-electron chi connectivity index (χ0n) is 16.0. The maximum atomic E-state index is 14.7. The summed E-state index contributed by atoms with van der Waals surface area (Å²) in [7, 11) is 0. The zero-order chi connectivity index (χ0) is 20.5. The molecule has 4 rings (SSSR count). The van der Waals surface area contributed by atoms with Crippen LogP contribution < -0.4 is 0 Å². The highest BCUT2D eigenvalue weighted by Crippen LogP contribution is 2.36. The Morgan fingerprint density at radius 3 is 2.14 bits per heavy atom. The monoisotopic (exact) mass is 396 g/mol. The van der Waals surface area contributed by atoms with Gasteiger partial charge in [-0.1, -0.05) is 31.6 Å². The van der Waals surface area contributed by atoms with Crippen LogP contribution in [-0.4, -0.2) is 0 Å². The number of rotatable bonds is 4. The molecule has 148 valence electrons. The number of aryl methyl sites for hydroxylation is 2. The van der Waals surface area contributed by atoms with Crippen molar-refractivity contribution in [2.75, 3.05) is 0 Å². The van der Waals surface area contributed by atoms with E-state index in [0.717, 1.165) is 12.0 Å². The fourth-order valence-electron chi connectivity index (χ4n) is 3.93. The highest BCUT2D eigenvalue weighted by atomic mass is 19.1. The van der Waals surface area contributed by atoms with Crippen LogP contribution in [0.2, 0.25) is 0 Å². The van der Waals surface area contributed by atoms with E-state index in [2.05, 4.69) is 0 Å². The summed E-state index contributed by atoms with van der Waals surface area (Å²) >= 11 is 0. The molecule has 4 heteroatoms. The van der Waals surface area contributed by atoms with Crippen molar-refractivity contribution >= 4 is 11.6 Å². The van der Waals surface area contributed by atoms with Gasteiger partial charge in [-0.2, -0.15) is 0 Å². The predicted molar refractivity (Wildman–Crippen MR) is 108 cm³/mol. The molecule has 0 atom stereocenters. The van der Waals surface area contributed by atoms with Gasteiger partial charge in [0, 0.05) is 11.1 Å². The molecule has 0 aromatic heterocycles. The van der Waals surface area contributed by atoms with Gasteiger partial charge >= 0.3 is 0 Å². The number of allylic oxidation sites excluding steroid dienone is 1. The van der Waals surface area contributed by atoms with Crippen molar-refractivity contribution in [3.8, 4) is 11.1 Å². The van der Waals surface area contributed by atoms with Crippen molar-refractivity contribution in [3.05, 3.63) is 94.1 Å². The Balaban J connectivity index is 1.73. The zero-order valence-corrected chi connectivity index (χ0v) is 16.0. The van der Waals surface area contributed by atoms with Crippen LogP contribution in [0, 0.1) is 23.3 Å². The van der Waals surface area contributed by atoms with E-state index in [-0.39, 0.29) is 11.4 Å². The molecule has 3 aromatic rings. The van der Waals surface area contributed by atoms with E-state index in [1.807, 2.05) is 6.92 Å². The molecule has 1 aliphatic carbocycles. The molecule has 0 aliphatic heterocycles. The van der Waals surface area contributed by atoms with Crippen molar-refractivity contribution in [2.45, 2.75) is 32.6 Å². The molecule has 0 bridgehead atoms. The second-order valence-electron chi connectivity index (χ2n) is 7.39. The first-order valence-electron chi connectivity index (χ1n) is 9.73. The van der Waals surface area contributed by atoms with E-state index >= 15 is 0 Å². The van der Waals surface area contributed by atoms with Gasteiger partial charge in [-0.05, 0) is 83.5 Å². The molecule has 0 N–H and O–H groups in total. The predicted octanol–water partition coefficient (Wildman–Crippen LogP) is 7.35. The maximum Gasteiger partial charge on any atom is 0.133 e. The van der Waals surface area contributed by atoms with E-state index in [1.165, 1.54) is 42.5 Å². The Morgan fingerprint density at radius 1 is 0.793 bits per heavy atom. The number of hydrogen-bond acceptors (Lipinski definition) is 0. The van der Waals surface area contributed by atoms with Crippen LogP contribution in [0.1, 0.15) is 42.0 Å². The molecule has 0 saturated heterocycles. The van der Waals surface area contributed by atoms with E-state index in [0.29, 0.717) is 47.1 Å². The quantitative estimate of drug-likeness (QED) is 0.405. The van der Waals surface area contributed by atoms with Gasteiger partial charge in [0.1, 0.15) is 23.3 Å². The Labute approximate surface area is 167 Å². The lowest BCUT2D eigenvalue weighted by Gasteiger charge is -2.20. The number of fused-ring (bicyclic) bond motifs is 1. The first kappa shape index (κ1) is 19.4. The van der Waals surface area contributed by atoms with Gasteiger partial charge in [0.2, 0.25) is 0 Å². The van der Waals surface area contributed by atoms with Crippen LogP contribution in [0.4, 0.5) is 17.6 Å². The fourth-order valence-corrected chi connectivity index (χ4v) is 3.93. The molecular formula is C25H20F4. The van der Waals surface area contributed by atoms with E-state index in [4.69, 9.17) is 0 Å². The number of hydrogen-bond donors (Lipinski definition) is 0. The molecule has 0 amide bonds. The molecule has 0 fully saturated rings. The Hall–Kier alpha value is -2.88. The summed E-state index contributed by atoms with van der Waals surface area (Å²) in [5.41, 5.74) is 3.64. The minimum atomic E-state index is -0.577. The van der Waals surface area contributed by atoms with Gasteiger partial charge < -0.3 is 0 Å². The molecule has 0 nitrogen and oxygen atoms in total. The number of benzene rings is 3. The Bertz CT molecular complexity index is 1070. The van der Waals surface area contributed by atoms with Crippen LogP contribution in [0.5, 0.6) is 0 Å². The lowest BCUT2D eigenvalue weighted by molar-refractivity contribution is 0.571. The van der Waals surface area contributed by atoms with Gasteiger partial charge in [-0.15, -0.1) is 0 Å². The highest BCUT2D eigenvalue weighted by molar-refractivity contribution is 5.86. The third-order valence-corrected chi connectivity index (χ3v) is 5.34. The molecule has 3 aromatic carbocycles. The molecule has 1 aliphatic rings. The normalized spacial score (nSPS) is 13.2. The lowest BCUT2D eigenvalue weighted by Crippen LogP contribution is -2.05. The summed E-state index contributed by atoms with van der Waals surface area (Å²) in [5, 5.41) is 0. The Kier molecular flexibility index (Phi) is 5.27. The summed E-state index contributed by atoms with van der Waals surface area (Å²) in [4.78, 5) is 0.